The Kier molecular flexibility index (Phi) is 34.9. The molecule has 0 radical (unpaired) electrons. The molecule has 0 fully saturated rings. The number of aliphatic hydroxyl groups excluding tert-OH is 1. The van der Waals surface area contributed by atoms with Gasteiger partial charge in [-0.15, -0.1) is 4.99 Å². The molecule has 0 amide bonds. The molecule has 0 aromatic rings. The lowest BCUT2D eigenvalue weighted by Crippen LogP contribution is -2.49. The number of unbranched alkanes of at least 4 members (excludes halogenated alkanes) is 10. The Morgan fingerprint density at radius 1 is 0.493 bits per heavy atom. The van der Waals surface area contributed by atoms with Gasteiger partial charge in [-0.2, -0.15) is 5.90 Å². The Morgan fingerprint density at radius 3 is 1.35 bits per heavy atom. The highest BCUT2D eigenvalue weighted by Gasteiger charge is 2.56. The molecule has 0 rings (SSSR count). The molecule has 0 bridgehead atoms. The molecule has 0 spiro atoms. The van der Waals surface area contributed by atoms with Gasteiger partial charge in [0.2, 0.25) is 0 Å². The van der Waals surface area contributed by atoms with E-state index >= 15 is 0 Å². The lowest BCUT2D eigenvalue weighted by Gasteiger charge is -2.44. The Labute approximate surface area is 429 Å². The van der Waals surface area contributed by atoms with Gasteiger partial charge >= 0.3 is 38.7 Å². The average Bonchev–Trinajstić information content (AvgIpc) is 3.31. The number of hydrogen-bond donors (Lipinski definition) is 2. The summed E-state index contributed by atoms with van der Waals surface area (Å²) in [4.78, 5) is 81.2. The molecule has 5 unspecified atom stereocenters. The van der Waals surface area contributed by atoms with Crippen LogP contribution in [-0.2, 0) is 70.8 Å². The molecule has 0 aliphatic rings. The Bertz CT molecular complexity index is 1490. The standard InChI is InChI=1S/C53H101NO16Si/c1-14-20-22-23-24-25-26-27-28-29-35-63-47(59)52(11,40-50(9,16-3)45(57)61-13)42-53(12,48(60)62-34-21-15-2)41-51(10,39-49(7,8)44(56)65-37-33-55)46(58)64-36-32-43(69-70-54)31-30-38-71(66-17-4,67-18-5)68-19-6/h43,55H,14-42,54H2,1-13H3. The summed E-state index contributed by atoms with van der Waals surface area (Å²) in [5, 5.41) is 9.48. The third-order valence-electron chi connectivity index (χ3n) is 13.4. The number of aliphatic hydroxyl groups is 1. The van der Waals surface area contributed by atoms with Crippen molar-refractivity contribution in [1.29, 1.82) is 0 Å². The van der Waals surface area contributed by atoms with Crippen LogP contribution < -0.4 is 5.90 Å². The van der Waals surface area contributed by atoms with Gasteiger partial charge in [0.25, 0.3) is 0 Å². The van der Waals surface area contributed by atoms with Gasteiger partial charge in [-0.05, 0) is 120 Å². The van der Waals surface area contributed by atoms with Crippen molar-refractivity contribution in [2.75, 3.05) is 60.0 Å². The van der Waals surface area contributed by atoms with Crippen LogP contribution in [0.15, 0.2) is 0 Å². The lowest BCUT2D eigenvalue weighted by atomic mass is 9.59. The van der Waals surface area contributed by atoms with E-state index in [1.165, 1.54) is 45.6 Å². The maximum atomic E-state index is 14.8. The van der Waals surface area contributed by atoms with Crippen LogP contribution in [0.2, 0.25) is 6.04 Å². The maximum absolute atomic E-state index is 14.8. The van der Waals surface area contributed by atoms with Crippen molar-refractivity contribution in [3.8, 4) is 0 Å². The lowest BCUT2D eigenvalue weighted by molar-refractivity contribution is -0.332. The molecular formula is C53H101NO16Si. The molecule has 0 heterocycles. The summed E-state index contributed by atoms with van der Waals surface area (Å²) in [7, 11) is -1.67. The van der Waals surface area contributed by atoms with Crippen molar-refractivity contribution in [1.82, 2.24) is 0 Å². The topological polar surface area (TPSA) is 224 Å². The van der Waals surface area contributed by atoms with E-state index in [0.29, 0.717) is 58.0 Å². The van der Waals surface area contributed by atoms with Crippen LogP contribution >= 0.6 is 0 Å². The SMILES string of the molecule is CCCCCCCCCCCCOC(=O)C(C)(CC(C)(CC)C(=O)OC)CC(C)(CC(C)(CC(C)(C)C(=O)OCCO)C(=O)OCCC(CCC[Si](OCC)(OCC)OCC)OON)C(=O)OCCCC. The van der Waals surface area contributed by atoms with Crippen molar-refractivity contribution in [2.24, 2.45) is 33.0 Å². The normalized spacial score (nSPS) is 15.9. The predicted octanol–water partition coefficient (Wildman–Crippen LogP) is 10.5. The Morgan fingerprint density at radius 2 is 0.915 bits per heavy atom. The van der Waals surface area contributed by atoms with Gasteiger partial charge in [-0.3, -0.25) is 24.0 Å². The highest BCUT2D eigenvalue weighted by atomic mass is 28.4. The summed E-state index contributed by atoms with van der Waals surface area (Å²) in [5.74, 6) is 2.21. The number of ether oxygens (including phenoxy) is 5. The Hall–Kier alpha value is -2.71. The second-order valence-corrected chi connectivity index (χ2v) is 23.7. The summed E-state index contributed by atoms with van der Waals surface area (Å²) in [6.07, 6.45) is 12.6. The quantitative estimate of drug-likeness (QED) is 0.0144. The van der Waals surface area contributed by atoms with Crippen LogP contribution in [0.1, 0.15) is 212 Å². The van der Waals surface area contributed by atoms with Crippen molar-refractivity contribution < 1.29 is 75.9 Å². The first-order chi connectivity index (χ1) is 33.6. The van der Waals surface area contributed by atoms with E-state index in [4.69, 9.17) is 47.7 Å². The average molecular weight is 1040 g/mol. The fourth-order valence-corrected chi connectivity index (χ4v) is 12.5. The van der Waals surface area contributed by atoms with Crippen LogP contribution in [0.25, 0.3) is 0 Å². The van der Waals surface area contributed by atoms with Crippen molar-refractivity contribution in [3.63, 3.8) is 0 Å². The van der Waals surface area contributed by atoms with E-state index in [2.05, 4.69) is 11.9 Å². The summed E-state index contributed by atoms with van der Waals surface area (Å²) < 4.78 is 46.7. The molecule has 0 aliphatic heterocycles. The first-order valence-electron chi connectivity index (χ1n) is 26.9. The van der Waals surface area contributed by atoms with E-state index < -0.39 is 78.4 Å². The zero-order valence-corrected chi connectivity index (χ0v) is 47.7. The van der Waals surface area contributed by atoms with Gasteiger partial charge in [0.15, 0.2) is 0 Å². The third kappa shape index (κ3) is 25.4. The number of esters is 5. The molecule has 0 saturated heterocycles. The molecule has 0 saturated carbocycles. The zero-order valence-electron chi connectivity index (χ0n) is 46.7. The first kappa shape index (κ1) is 68.3. The largest absolute Gasteiger partial charge is 0.500 e. The van der Waals surface area contributed by atoms with E-state index in [0.717, 1.165) is 25.7 Å². The number of methoxy groups -OCH3 is 1. The van der Waals surface area contributed by atoms with Gasteiger partial charge in [0, 0.05) is 32.3 Å². The first-order valence-corrected chi connectivity index (χ1v) is 28.8. The van der Waals surface area contributed by atoms with Crippen molar-refractivity contribution in [2.45, 2.75) is 224 Å². The van der Waals surface area contributed by atoms with Crippen LogP contribution in [0.3, 0.4) is 0 Å². The van der Waals surface area contributed by atoms with Gasteiger partial charge < -0.3 is 42.1 Å². The second kappa shape index (κ2) is 36.3. The fourth-order valence-electron chi connectivity index (χ4n) is 9.91. The molecule has 17 nitrogen and oxygen atoms in total. The molecule has 418 valence electrons. The van der Waals surface area contributed by atoms with Gasteiger partial charge in [0.05, 0.1) is 66.7 Å². The fraction of sp³-hybridized carbons (Fsp3) is 0.906. The third-order valence-corrected chi connectivity index (χ3v) is 16.6. The summed E-state index contributed by atoms with van der Waals surface area (Å²) in [5.41, 5.74) is -7.17. The predicted molar refractivity (Wildman–Crippen MR) is 274 cm³/mol. The molecule has 0 aliphatic carbocycles. The molecule has 71 heavy (non-hydrogen) atoms. The minimum atomic E-state index is -2.96. The highest BCUT2D eigenvalue weighted by molar-refractivity contribution is 6.60. The molecule has 0 aromatic carbocycles. The number of rotatable bonds is 45. The number of carbonyl (C=O) groups is 5. The molecule has 3 N–H and O–H groups in total. The number of hydrogen-bond acceptors (Lipinski definition) is 17. The van der Waals surface area contributed by atoms with Crippen molar-refractivity contribution in [3.05, 3.63) is 0 Å². The van der Waals surface area contributed by atoms with Gasteiger partial charge in [0.1, 0.15) is 6.61 Å². The number of carbonyl (C=O) groups excluding carboxylic acids is 5. The van der Waals surface area contributed by atoms with E-state index in [1.54, 1.807) is 41.5 Å². The van der Waals surface area contributed by atoms with E-state index in [9.17, 15) is 29.1 Å². The van der Waals surface area contributed by atoms with E-state index in [1.807, 2.05) is 34.6 Å². The number of nitrogens with two attached hydrogens (primary N) is 1. The van der Waals surface area contributed by atoms with Crippen LogP contribution in [0, 0.1) is 27.1 Å². The summed E-state index contributed by atoms with van der Waals surface area (Å²) in [6.45, 7) is 22.3. The van der Waals surface area contributed by atoms with Crippen LogP contribution in [0.5, 0.6) is 0 Å². The smallest absolute Gasteiger partial charge is 0.469 e. The van der Waals surface area contributed by atoms with E-state index in [-0.39, 0.29) is 58.5 Å². The van der Waals surface area contributed by atoms with Crippen LogP contribution in [0.4, 0.5) is 0 Å². The van der Waals surface area contributed by atoms with Crippen molar-refractivity contribution >= 4 is 38.7 Å². The van der Waals surface area contributed by atoms with Gasteiger partial charge in [-0.1, -0.05) is 85.0 Å². The Balaban J connectivity index is 7.12. The highest BCUT2D eigenvalue weighted by Crippen LogP contribution is 2.52. The molecule has 0 aromatic heterocycles. The molecular weight excluding hydrogens is 935 g/mol. The summed E-state index contributed by atoms with van der Waals surface area (Å²) in [6, 6.07) is 0.502. The van der Waals surface area contributed by atoms with Crippen LogP contribution in [-0.4, -0.2) is 110 Å². The minimum absolute atomic E-state index is 0.0358. The maximum Gasteiger partial charge on any atom is 0.500 e. The molecule has 5 atom stereocenters. The second-order valence-electron chi connectivity index (χ2n) is 21.0. The zero-order chi connectivity index (χ0) is 54.0. The molecule has 18 heteroatoms. The monoisotopic (exact) mass is 1040 g/mol. The van der Waals surface area contributed by atoms with Gasteiger partial charge in [-0.25, -0.2) is 4.89 Å². The summed E-state index contributed by atoms with van der Waals surface area (Å²) >= 11 is 0. The minimum Gasteiger partial charge on any atom is -0.469 e.